The summed E-state index contributed by atoms with van der Waals surface area (Å²) in [5.74, 6) is -0.605. The largest absolute Gasteiger partial charge is 0.338 e. The van der Waals surface area contributed by atoms with Crippen molar-refractivity contribution in [3.63, 3.8) is 0 Å². The number of benzene rings is 1. The Hall–Kier alpha value is -1.13. The van der Waals surface area contributed by atoms with Gasteiger partial charge in [-0.15, -0.1) is 0 Å². The number of nitrogens with zero attached hydrogens (tertiary/aromatic N) is 1. The number of carbonyl (C=O) groups excluding carboxylic acids is 1. The fraction of sp³-hybridized carbons (Fsp3) is 0.462. The van der Waals surface area contributed by atoms with Gasteiger partial charge in [0.2, 0.25) is 0 Å². The molecule has 1 amide bonds. The maximum atomic E-state index is 13.7. The Labute approximate surface area is 111 Å². The van der Waals surface area contributed by atoms with Crippen LogP contribution in [-0.2, 0) is 0 Å². The molecule has 98 valence electrons. The monoisotopic (exact) mass is 270 g/mol. The lowest BCUT2D eigenvalue weighted by atomic mass is 9.97. The average Bonchev–Trinajstić information content (AvgIpc) is 2.38. The van der Waals surface area contributed by atoms with Gasteiger partial charge in [0.25, 0.3) is 5.91 Å². The summed E-state index contributed by atoms with van der Waals surface area (Å²) in [5, 5.41) is 0.162. The molecule has 3 nitrogen and oxygen atoms in total. The number of hydrogen-bond acceptors (Lipinski definition) is 2. The maximum Gasteiger partial charge on any atom is 0.258 e. The van der Waals surface area contributed by atoms with Crippen molar-refractivity contribution in [2.24, 2.45) is 11.7 Å². The predicted molar refractivity (Wildman–Crippen MR) is 69.1 cm³/mol. The van der Waals surface area contributed by atoms with Crippen LogP contribution in [0.1, 0.15) is 23.2 Å². The van der Waals surface area contributed by atoms with Crippen LogP contribution in [0, 0.1) is 11.7 Å². The molecule has 1 saturated heterocycles. The molecule has 5 heteroatoms. The summed E-state index contributed by atoms with van der Waals surface area (Å²) in [6.07, 6.45) is 1.92. The molecule has 1 atom stereocenters. The van der Waals surface area contributed by atoms with Crippen LogP contribution in [0.5, 0.6) is 0 Å². The summed E-state index contributed by atoms with van der Waals surface area (Å²) in [5.41, 5.74) is 5.60. The van der Waals surface area contributed by atoms with Crippen LogP contribution >= 0.6 is 11.6 Å². The van der Waals surface area contributed by atoms with Gasteiger partial charge in [-0.25, -0.2) is 4.39 Å². The second-order valence-electron chi connectivity index (χ2n) is 4.59. The predicted octanol–water partition coefficient (Wildman–Crippen LogP) is 2.29. The molecule has 1 aromatic carbocycles. The van der Waals surface area contributed by atoms with Gasteiger partial charge in [0.05, 0.1) is 10.6 Å². The van der Waals surface area contributed by atoms with Crippen molar-refractivity contribution in [3.05, 3.63) is 34.6 Å². The van der Waals surface area contributed by atoms with Gasteiger partial charge in [-0.1, -0.05) is 17.7 Å². The van der Waals surface area contributed by atoms with Gasteiger partial charge in [-0.2, -0.15) is 0 Å². The first-order valence-electron chi connectivity index (χ1n) is 6.07. The molecule has 0 radical (unpaired) electrons. The normalized spacial score (nSPS) is 19.9. The van der Waals surface area contributed by atoms with E-state index in [-0.39, 0.29) is 16.5 Å². The highest BCUT2D eigenvalue weighted by molar-refractivity contribution is 6.33. The maximum absolute atomic E-state index is 13.7. The SMILES string of the molecule is NCC1CCCN(C(=O)c2c(F)cccc2Cl)C1. The molecule has 0 aromatic heterocycles. The van der Waals surface area contributed by atoms with Crippen molar-refractivity contribution in [1.82, 2.24) is 4.90 Å². The zero-order valence-corrected chi connectivity index (χ0v) is 10.8. The van der Waals surface area contributed by atoms with E-state index in [1.165, 1.54) is 18.2 Å². The highest BCUT2D eigenvalue weighted by Gasteiger charge is 2.26. The Morgan fingerprint density at radius 1 is 1.56 bits per heavy atom. The van der Waals surface area contributed by atoms with E-state index in [1.807, 2.05) is 0 Å². The second-order valence-corrected chi connectivity index (χ2v) is 5.00. The topological polar surface area (TPSA) is 46.3 Å². The molecule has 0 spiro atoms. The fourth-order valence-electron chi connectivity index (χ4n) is 2.30. The summed E-state index contributed by atoms with van der Waals surface area (Å²) in [4.78, 5) is 13.9. The van der Waals surface area contributed by atoms with Crippen LogP contribution < -0.4 is 5.73 Å². The smallest absolute Gasteiger partial charge is 0.258 e. The molecule has 0 saturated carbocycles. The van der Waals surface area contributed by atoms with Crippen LogP contribution in [0.4, 0.5) is 4.39 Å². The van der Waals surface area contributed by atoms with Gasteiger partial charge in [0, 0.05) is 13.1 Å². The van der Waals surface area contributed by atoms with Gasteiger partial charge >= 0.3 is 0 Å². The first-order valence-corrected chi connectivity index (χ1v) is 6.44. The zero-order chi connectivity index (χ0) is 13.1. The quantitative estimate of drug-likeness (QED) is 0.896. The lowest BCUT2D eigenvalue weighted by Gasteiger charge is -2.32. The third-order valence-corrected chi connectivity index (χ3v) is 3.63. The van der Waals surface area contributed by atoms with Crippen LogP contribution in [0.2, 0.25) is 5.02 Å². The molecule has 2 N–H and O–H groups in total. The van der Waals surface area contributed by atoms with E-state index < -0.39 is 5.82 Å². The van der Waals surface area contributed by atoms with E-state index in [0.717, 1.165) is 12.8 Å². The molecule has 18 heavy (non-hydrogen) atoms. The van der Waals surface area contributed by atoms with Crippen LogP contribution in [0.25, 0.3) is 0 Å². The molecule has 1 aliphatic rings. The molecule has 2 rings (SSSR count). The number of hydrogen-bond donors (Lipinski definition) is 1. The Balaban J connectivity index is 2.20. The fourth-order valence-corrected chi connectivity index (χ4v) is 2.55. The Bertz CT molecular complexity index is 432. The highest BCUT2D eigenvalue weighted by atomic mass is 35.5. The van der Waals surface area contributed by atoms with E-state index in [0.29, 0.717) is 25.6 Å². The van der Waals surface area contributed by atoms with Gasteiger partial charge in [-0.3, -0.25) is 4.79 Å². The zero-order valence-electron chi connectivity index (χ0n) is 10.0. The van der Waals surface area contributed by atoms with E-state index in [9.17, 15) is 9.18 Å². The first-order chi connectivity index (χ1) is 8.63. The summed E-state index contributed by atoms with van der Waals surface area (Å²) in [7, 11) is 0. The number of carbonyl (C=O) groups is 1. The van der Waals surface area contributed by atoms with E-state index in [4.69, 9.17) is 17.3 Å². The number of amides is 1. The van der Waals surface area contributed by atoms with Crippen molar-refractivity contribution in [2.75, 3.05) is 19.6 Å². The molecule has 1 unspecified atom stereocenters. The van der Waals surface area contributed by atoms with Crippen molar-refractivity contribution in [3.8, 4) is 0 Å². The molecule has 1 heterocycles. The molecule has 1 fully saturated rings. The first kappa shape index (κ1) is 13.3. The number of likely N-dealkylation sites (tertiary alicyclic amines) is 1. The van der Waals surface area contributed by atoms with E-state index in [2.05, 4.69) is 0 Å². The molecular weight excluding hydrogens is 255 g/mol. The molecule has 1 aliphatic heterocycles. The molecule has 0 aliphatic carbocycles. The highest BCUT2D eigenvalue weighted by Crippen LogP contribution is 2.23. The third-order valence-electron chi connectivity index (χ3n) is 3.32. The summed E-state index contributed by atoms with van der Waals surface area (Å²) in [6.45, 7) is 1.77. The number of halogens is 2. The van der Waals surface area contributed by atoms with Gasteiger partial charge in [0.1, 0.15) is 5.82 Å². The van der Waals surface area contributed by atoms with Crippen LogP contribution in [-0.4, -0.2) is 30.4 Å². The summed E-state index contributed by atoms with van der Waals surface area (Å²) >= 11 is 5.90. The van der Waals surface area contributed by atoms with E-state index in [1.54, 1.807) is 4.90 Å². The van der Waals surface area contributed by atoms with E-state index >= 15 is 0 Å². The molecular formula is C13H16ClFN2O. The molecule has 0 bridgehead atoms. The van der Waals surface area contributed by atoms with Crippen molar-refractivity contribution >= 4 is 17.5 Å². The van der Waals surface area contributed by atoms with Crippen molar-refractivity contribution in [1.29, 1.82) is 0 Å². The number of piperidine rings is 1. The minimum absolute atomic E-state index is 0.0307. The Morgan fingerprint density at radius 2 is 2.33 bits per heavy atom. The van der Waals surface area contributed by atoms with Gasteiger partial charge in [0.15, 0.2) is 0 Å². The Morgan fingerprint density at radius 3 is 3.00 bits per heavy atom. The lowest BCUT2D eigenvalue weighted by molar-refractivity contribution is 0.0673. The van der Waals surface area contributed by atoms with Crippen molar-refractivity contribution in [2.45, 2.75) is 12.8 Å². The standard InChI is InChI=1S/C13H16ClFN2O/c14-10-4-1-5-11(15)12(10)13(18)17-6-2-3-9(7-16)8-17/h1,4-5,9H,2-3,6-8,16H2. The summed E-state index contributed by atoms with van der Waals surface area (Å²) in [6, 6.07) is 4.28. The number of rotatable bonds is 2. The second kappa shape index (κ2) is 5.67. The number of nitrogens with two attached hydrogens (primary N) is 1. The van der Waals surface area contributed by atoms with Crippen molar-refractivity contribution < 1.29 is 9.18 Å². The third kappa shape index (κ3) is 2.65. The van der Waals surface area contributed by atoms with Gasteiger partial charge in [-0.05, 0) is 37.4 Å². The minimum Gasteiger partial charge on any atom is -0.338 e. The lowest BCUT2D eigenvalue weighted by Crippen LogP contribution is -2.42. The van der Waals surface area contributed by atoms with Gasteiger partial charge < -0.3 is 10.6 Å². The minimum atomic E-state index is -0.567. The summed E-state index contributed by atoms with van der Waals surface area (Å²) < 4.78 is 13.7. The molecule has 1 aromatic rings. The van der Waals surface area contributed by atoms with Crippen LogP contribution in [0.15, 0.2) is 18.2 Å². The average molecular weight is 271 g/mol. The van der Waals surface area contributed by atoms with Crippen LogP contribution in [0.3, 0.4) is 0 Å². The Kier molecular flexibility index (Phi) is 4.19.